The van der Waals surface area contributed by atoms with Crippen LogP contribution in [0.5, 0.6) is 0 Å². The second-order valence-electron chi connectivity index (χ2n) is 4.84. The minimum Gasteiger partial charge on any atom is -0.323 e. The van der Waals surface area contributed by atoms with Gasteiger partial charge in [-0.25, -0.2) is 0 Å². The fourth-order valence-electron chi connectivity index (χ4n) is 2.13. The second kappa shape index (κ2) is 6.04. The van der Waals surface area contributed by atoms with E-state index in [1.165, 1.54) is 0 Å². The lowest BCUT2D eigenvalue weighted by atomic mass is 10.2. The molecule has 0 saturated heterocycles. The van der Waals surface area contributed by atoms with Gasteiger partial charge in [0.1, 0.15) is 23.1 Å². The maximum Gasteiger partial charge on any atom is 0.421 e. The van der Waals surface area contributed by atoms with Gasteiger partial charge in [0, 0.05) is 6.20 Å². The number of nitrogens with one attached hydrogen (secondary N) is 1. The van der Waals surface area contributed by atoms with E-state index in [1.54, 1.807) is 18.2 Å². The Morgan fingerprint density at radius 2 is 2.00 bits per heavy atom. The van der Waals surface area contributed by atoms with Gasteiger partial charge in [0.05, 0.1) is 17.4 Å². The Kier molecular flexibility index (Phi) is 4.06. The minimum absolute atomic E-state index is 0.381. The van der Waals surface area contributed by atoms with Crippen molar-refractivity contribution >= 4 is 34.4 Å². The first kappa shape index (κ1) is 16.1. The van der Waals surface area contributed by atoms with Crippen LogP contribution < -0.4 is 10.9 Å². The Morgan fingerprint density at radius 1 is 1.21 bits per heavy atom. The molecule has 1 aromatic carbocycles. The van der Waals surface area contributed by atoms with Gasteiger partial charge in [-0.05, 0) is 24.3 Å². The van der Waals surface area contributed by atoms with E-state index >= 15 is 0 Å². The molecule has 0 aliphatic carbocycles. The van der Waals surface area contributed by atoms with Crippen molar-refractivity contribution < 1.29 is 18.0 Å². The van der Waals surface area contributed by atoms with Crippen LogP contribution in [0.4, 0.5) is 18.9 Å². The first-order valence-electron chi connectivity index (χ1n) is 6.64. The number of anilines is 1. The highest BCUT2D eigenvalue weighted by atomic mass is 32.1. The molecule has 124 valence electrons. The number of alkyl halides is 3. The van der Waals surface area contributed by atoms with Crippen molar-refractivity contribution in [3.63, 3.8) is 0 Å². The zero-order valence-corrected chi connectivity index (χ0v) is 12.7. The van der Waals surface area contributed by atoms with Crippen LogP contribution in [-0.4, -0.2) is 19.2 Å². The predicted molar refractivity (Wildman–Crippen MR) is 81.7 cm³/mol. The van der Waals surface area contributed by atoms with E-state index in [4.69, 9.17) is 0 Å². The number of rotatable bonds is 3. The van der Waals surface area contributed by atoms with Crippen LogP contribution in [-0.2, 0) is 17.5 Å². The molecule has 0 fully saturated rings. The monoisotopic (exact) mass is 354 g/mol. The van der Waals surface area contributed by atoms with Gasteiger partial charge in [0.2, 0.25) is 5.91 Å². The van der Waals surface area contributed by atoms with Crippen LogP contribution in [0, 0.1) is 0 Å². The van der Waals surface area contributed by atoms with Gasteiger partial charge in [-0.1, -0.05) is 6.07 Å². The van der Waals surface area contributed by atoms with Gasteiger partial charge in [-0.15, -0.1) is 0 Å². The van der Waals surface area contributed by atoms with Crippen molar-refractivity contribution in [2.45, 2.75) is 12.7 Å². The number of halogens is 3. The molecule has 0 radical (unpaired) electrons. The van der Waals surface area contributed by atoms with Crippen LogP contribution in [0.2, 0.25) is 0 Å². The quantitative estimate of drug-likeness (QED) is 0.784. The highest BCUT2D eigenvalue weighted by Gasteiger charge is 2.34. The number of hydrogen-bond donors (Lipinski definition) is 1. The number of nitrogens with zero attached hydrogens (tertiary/aromatic N) is 3. The lowest BCUT2D eigenvalue weighted by Crippen LogP contribution is -2.31. The van der Waals surface area contributed by atoms with Crippen LogP contribution in [0.25, 0.3) is 11.0 Å². The summed E-state index contributed by atoms with van der Waals surface area (Å²) in [4.78, 5) is 23.9. The summed E-state index contributed by atoms with van der Waals surface area (Å²) in [6.07, 6.45) is -3.64. The van der Waals surface area contributed by atoms with Crippen LogP contribution >= 0.6 is 11.7 Å². The number of fused-ring (bicyclic) bond motifs is 1. The van der Waals surface area contributed by atoms with Gasteiger partial charge in [0.15, 0.2) is 0 Å². The van der Waals surface area contributed by atoms with Crippen molar-refractivity contribution in [2.75, 3.05) is 5.32 Å². The average Bonchev–Trinajstić information content (AvgIpc) is 2.98. The Balaban J connectivity index is 1.83. The summed E-state index contributed by atoms with van der Waals surface area (Å²) >= 11 is 0.974. The normalized spacial score (nSPS) is 11.6. The third kappa shape index (κ3) is 3.13. The molecule has 1 amide bonds. The summed E-state index contributed by atoms with van der Waals surface area (Å²) in [5.74, 6) is -0.642. The van der Waals surface area contributed by atoms with Crippen molar-refractivity contribution in [3.05, 3.63) is 52.4 Å². The maximum atomic E-state index is 12.7. The highest BCUT2D eigenvalue weighted by molar-refractivity contribution is 7.00. The molecule has 0 aliphatic heterocycles. The van der Waals surface area contributed by atoms with Gasteiger partial charge in [-0.2, -0.15) is 21.9 Å². The predicted octanol–water partition coefficient (Wildman–Crippen LogP) is 2.51. The number of hydrogen-bond acceptors (Lipinski definition) is 5. The van der Waals surface area contributed by atoms with Gasteiger partial charge < -0.3 is 9.88 Å². The second-order valence-corrected chi connectivity index (χ2v) is 5.37. The molecule has 0 aliphatic rings. The topological polar surface area (TPSA) is 76.9 Å². The van der Waals surface area contributed by atoms with Gasteiger partial charge >= 0.3 is 6.18 Å². The molecular formula is C14H9F3N4O2S. The summed E-state index contributed by atoms with van der Waals surface area (Å²) in [5, 5.41) is 2.53. The lowest BCUT2D eigenvalue weighted by Gasteiger charge is -2.10. The largest absolute Gasteiger partial charge is 0.421 e. The van der Waals surface area contributed by atoms with Crippen LogP contribution in [0.1, 0.15) is 5.56 Å². The molecular weight excluding hydrogens is 345 g/mol. The van der Waals surface area contributed by atoms with Crippen molar-refractivity contribution in [1.82, 2.24) is 13.3 Å². The molecule has 6 nitrogen and oxygen atoms in total. The number of carbonyl (C=O) groups is 1. The molecule has 0 bridgehead atoms. The number of amides is 1. The van der Waals surface area contributed by atoms with E-state index in [1.807, 2.05) is 0 Å². The summed E-state index contributed by atoms with van der Waals surface area (Å²) in [7, 11) is 0. The van der Waals surface area contributed by atoms with Gasteiger partial charge in [-0.3, -0.25) is 9.59 Å². The molecule has 10 heteroatoms. The van der Waals surface area contributed by atoms with E-state index in [-0.39, 0.29) is 0 Å². The molecule has 2 heterocycles. The average molecular weight is 354 g/mol. The first-order chi connectivity index (χ1) is 11.4. The smallest absolute Gasteiger partial charge is 0.323 e. The van der Waals surface area contributed by atoms with Crippen LogP contribution in [0.15, 0.2) is 41.3 Å². The summed E-state index contributed by atoms with van der Waals surface area (Å²) < 4.78 is 46.9. The molecule has 0 unspecified atom stereocenters. The molecule has 0 saturated carbocycles. The van der Waals surface area contributed by atoms with Crippen molar-refractivity contribution in [1.29, 1.82) is 0 Å². The Morgan fingerprint density at radius 3 is 2.75 bits per heavy atom. The Bertz CT molecular complexity index is 964. The molecule has 1 N–H and O–H groups in total. The first-order valence-corrected chi connectivity index (χ1v) is 7.37. The number of benzene rings is 1. The third-order valence-corrected chi connectivity index (χ3v) is 3.74. The lowest BCUT2D eigenvalue weighted by molar-refractivity contribution is -0.139. The van der Waals surface area contributed by atoms with E-state index in [0.717, 1.165) is 24.0 Å². The molecule has 3 rings (SSSR count). The number of carbonyl (C=O) groups excluding carboxylic acids is 1. The van der Waals surface area contributed by atoms with E-state index in [2.05, 4.69) is 14.1 Å². The summed E-state index contributed by atoms with van der Waals surface area (Å²) in [6.45, 7) is -0.545. The molecule has 24 heavy (non-hydrogen) atoms. The summed E-state index contributed by atoms with van der Waals surface area (Å²) in [6, 6.07) is 6.72. The Hall–Kier alpha value is -2.75. The van der Waals surface area contributed by atoms with E-state index in [9.17, 15) is 22.8 Å². The number of aromatic nitrogens is 3. The molecule has 0 spiro atoms. The zero-order chi connectivity index (χ0) is 17.3. The number of pyridine rings is 1. The SMILES string of the molecule is O=C(Cn1cccc(C(F)(F)F)c1=O)Nc1cccc2nsnc12. The van der Waals surface area contributed by atoms with Gasteiger partial charge in [0.25, 0.3) is 5.56 Å². The standard InChI is InChI=1S/C14H9F3N4O2S/c15-14(16,17)8-3-2-6-21(13(8)23)7-11(22)18-9-4-1-5-10-12(9)20-24-19-10/h1-6H,7H2,(H,18,22). The van der Waals surface area contributed by atoms with Crippen LogP contribution in [0.3, 0.4) is 0 Å². The highest BCUT2D eigenvalue weighted by Crippen LogP contribution is 2.26. The summed E-state index contributed by atoms with van der Waals surface area (Å²) in [5.41, 5.74) is -1.13. The van der Waals surface area contributed by atoms with Crippen molar-refractivity contribution in [3.8, 4) is 0 Å². The van der Waals surface area contributed by atoms with Crippen molar-refractivity contribution in [2.24, 2.45) is 0 Å². The fourth-order valence-corrected chi connectivity index (χ4v) is 2.68. The van der Waals surface area contributed by atoms with E-state index in [0.29, 0.717) is 27.4 Å². The molecule has 2 aromatic heterocycles. The van der Waals surface area contributed by atoms with E-state index < -0.39 is 29.8 Å². The fraction of sp³-hybridized carbons (Fsp3) is 0.143. The maximum absolute atomic E-state index is 12.7. The minimum atomic E-state index is -4.77. The molecule has 3 aromatic rings. The Labute approximate surface area is 136 Å². The third-order valence-electron chi connectivity index (χ3n) is 3.20. The molecule has 0 atom stereocenters. The zero-order valence-electron chi connectivity index (χ0n) is 11.9.